The molecule has 132 valence electrons. The van der Waals surface area contributed by atoms with Crippen LogP contribution in [0.3, 0.4) is 0 Å². The zero-order valence-electron chi connectivity index (χ0n) is 14.4. The fraction of sp³-hybridized carbons (Fsp3) is 0.389. The third kappa shape index (κ3) is 4.90. The number of urea groups is 1. The molecule has 1 aromatic carbocycles. The van der Waals surface area contributed by atoms with Gasteiger partial charge in [-0.2, -0.15) is 10.2 Å². The van der Waals surface area contributed by atoms with Crippen LogP contribution in [0.2, 0.25) is 0 Å². The third-order valence-corrected chi connectivity index (χ3v) is 3.78. The minimum Gasteiger partial charge on any atom is -0.491 e. The largest absolute Gasteiger partial charge is 0.491 e. The molecule has 1 aliphatic heterocycles. The molecule has 0 saturated carbocycles. The summed E-state index contributed by atoms with van der Waals surface area (Å²) in [6.07, 6.45) is 2.85. The molecule has 1 N–H and O–H groups in total. The Bertz CT molecular complexity index is 694. The van der Waals surface area contributed by atoms with Crippen molar-refractivity contribution in [3.05, 3.63) is 48.8 Å². The molecule has 0 radical (unpaired) electrons. The number of anilines is 1. The summed E-state index contributed by atoms with van der Waals surface area (Å²) in [5.41, 5.74) is 0.165. The molecule has 2 heterocycles. The van der Waals surface area contributed by atoms with Crippen molar-refractivity contribution in [3.63, 3.8) is 0 Å². The van der Waals surface area contributed by atoms with Crippen LogP contribution >= 0.6 is 0 Å². The lowest BCUT2D eigenvalue weighted by Crippen LogP contribution is -2.56. The van der Waals surface area contributed by atoms with Gasteiger partial charge in [0.1, 0.15) is 18.5 Å². The lowest BCUT2D eigenvalue weighted by atomic mass is 10.1. The molecule has 25 heavy (non-hydrogen) atoms. The van der Waals surface area contributed by atoms with Gasteiger partial charge in [-0.15, -0.1) is 0 Å². The van der Waals surface area contributed by atoms with Gasteiger partial charge in [0.2, 0.25) is 0 Å². The van der Waals surface area contributed by atoms with Gasteiger partial charge in [-0.1, -0.05) is 18.2 Å². The van der Waals surface area contributed by atoms with Crippen molar-refractivity contribution >= 4 is 11.7 Å². The Morgan fingerprint density at radius 2 is 2.12 bits per heavy atom. The average Bonchev–Trinajstić information content (AvgIpc) is 2.60. The Morgan fingerprint density at radius 1 is 1.32 bits per heavy atom. The molecule has 1 aliphatic rings. The van der Waals surface area contributed by atoms with E-state index in [1.54, 1.807) is 11.0 Å². The van der Waals surface area contributed by atoms with Gasteiger partial charge in [0.15, 0.2) is 0 Å². The molecular formula is C18H22N4O3. The monoisotopic (exact) mass is 342 g/mol. The molecule has 7 heteroatoms. The molecule has 0 unspecified atom stereocenters. The minimum absolute atomic E-state index is 0.186. The molecule has 3 rings (SSSR count). The topological polar surface area (TPSA) is 76.6 Å². The molecule has 1 aromatic heterocycles. The number of carbonyl (C=O) groups is 1. The summed E-state index contributed by atoms with van der Waals surface area (Å²) in [5.74, 6) is 0.786. The quantitative estimate of drug-likeness (QED) is 0.924. The number of amides is 2. The van der Waals surface area contributed by atoms with Crippen LogP contribution in [0, 0.1) is 0 Å². The van der Waals surface area contributed by atoms with E-state index in [4.69, 9.17) is 9.47 Å². The van der Waals surface area contributed by atoms with E-state index in [9.17, 15) is 4.79 Å². The fourth-order valence-corrected chi connectivity index (χ4v) is 2.81. The number of nitrogens with zero attached hydrogens (tertiary/aromatic N) is 3. The molecule has 0 aliphatic carbocycles. The number of aromatic nitrogens is 2. The van der Waals surface area contributed by atoms with E-state index in [1.165, 1.54) is 12.4 Å². The standard InChI is InChI=1S/C18H22N4O3/c1-18(2)13-22(17(23)21-14-8-9-19-20-10-14)11-16(25-18)12-24-15-6-4-3-5-7-15/h3-10,16H,11-13H2,1-2H3,(H,19,21,23)/t16-/m1/s1. The van der Waals surface area contributed by atoms with Gasteiger partial charge in [-0.25, -0.2) is 4.79 Å². The van der Waals surface area contributed by atoms with E-state index < -0.39 is 5.60 Å². The van der Waals surface area contributed by atoms with Crippen LogP contribution in [-0.4, -0.2) is 52.5 Å². The van der Waals surface area contributed by atoms with Crippen molar-refractivity contribution in [1.82, 2.24) is 15.1 Å². The minimum atomic E-state index is -0.448. The summed E-state index contributed by atoms with van der Waals surface area (Å²) in [4.78, 5) is 14.3. The molecular weight excluding hydrogens is 320 g/mol. The third-order valence-electron chi connectivity index (χ3n) is 3.78. The maximum Gasteiger partial charge on any atom is 0.322 e. The lowest BCUT2D eigenvalue weighted by Gasteiger charge is -2.42. The maximum atomic E-state index is 12.5. The van der Waals surface area contributed by atoms with Crippen molar-refractivity contribution < 1.29 is 14.3 Å². The Kier molecular flexibility index (Phi) is 5.14. The number of ether oxygens (including phenoxy) is 2. The smallest absolute Gasteiger partial charge is 0.322 e. The summed E-state index contributed by atoms with van der Waals surface area (Å²) < 4.78 is 11.8. The van der Waals surface area contributed by atoms with Crippen LogP contribution in [0.5, 0.6) is 5.75 Å². The molecule has 0 spiro atoms. The molecule has 1 saturated heterocycles. The average molecular weight is 342 g/mol. The predicted molar refractivity (Wildman–Crippen MR) is 93.5 cm³/mol. The SMILES string of the molecule is CC1(C)CN(C(=O)Nc2ccnnc2)C[C@H](COc2ccccc2)O1. The number of benzene rings is 1. The first kappa shape index (κ1) is 17.2. The lowest BCUT2D eigenvalue weighted by molar-refractivity contribution is -0.134. The van der Waals surface area contributed by atoms with E-state index in [1.807, 2.05) is 44.2 Å². The van der Waals surface area contributed by atoms with Gasteiger partial charge in [-0.3, -0.25) is 0 Å². The van der Waals surface area contributed by atoms with Gasteiger partial charge in [0.25, 0.3) is 0 Å². The summed E-state index contributed by atoms with van der Waals surface area (Å²) in [7, 11) is 0. The van der Waals surface area contributed by atoms with E-state index in [-0.39, 0.29) is 12.1 Å². The Labute approximate surface area is 147 Å². The second-order valence-electron chi connectivity index (χ2n) is 6.57. The predicted octanol–water partition coefficient (Wildman–Crippen LogP) is 2.57. The van der Waals surface area contributed by atoms with E-state index >= 15 is 0 Å². The Hall–Kier alpha value is -2.67. The Balaban J connectivity index is 1.61. The highest BCUT2D eigenvalue weighted by atomic mass is 16.5. The van der Waals surface area contributed by atoms with Crippen molar-refractivity contribution in [2.24, 2.45) is 0 Å². The molecule has 7 nitrogen and oxygen atoms in total. The van der Waals surface area contributed by atoms with Crippen molar-refractivity contribution in [1.29, 1.82) is 0 Å². The van der Waals surface area contributed by atoms with Crippen LogP contribution in [0.15, 0.2) is 48.8 Å². The van der Waals surface area contributed by atoms with E-state index in [2.05, 4.69) is 15.5 Å². The van der Waals surface area contributed by atoms with Gasteiger partial charge < -0.3 is 19.7 Å². The molecule has 2 aromatic rings. The summed E-state index contributed by atoms with van der Waals surface area (Å²) in [5, 5.41) is 10.3. The second kappa shape index (κ2) is 7.48. The zero-order valence-corrected chi connectivity index (χ0v) is 14.4. The highest BCUT2D eigenvalue weighted by Gasteiger charge is 2.36. The first-order valence-electron chi connectivity index (χ1n) is 8.20. The summed E-state index contributed by atoms with van der Waals surface area (Å²) in [6.45, 7) is 5.28. The van der Waals surface area contributed by atoms with Crippen LogP contribution in [-0.2, 0) is 4.74 Å². The first-order valence-corrected chi connectivity index (χ1v) is 8.20. The number of hydrogen-bond acceptors (Lipinski definition) is 5. The van der Waals surface area contributed by atoms with Crippen LogP contribution in [0.1, 0.15) is 13.8 Å². The van der Waals surface area contributed by atoms with Crippen LogP contribution < -0.4 is 10.1 Å². The highest BCUT2D eigenvalue weighted by Crippen LogP contribution is 2.22. The first-order chi connectivity index (χ1) is 12.0. The number of morpholine rings is 1. The molecule has 1 fully saturated rings. The number of nitrogens with one attached hydrogen (secondary N) is 1. The maximum absolute atomic E-state index is 12.5. The van der Waals surface area contributed by atoms with Crippen molar-refractivity contribution in [2.75, 3.05) is 25.0 Å². The van der Waals surface area contributed by atoms with Gasteiger partial charge in [0, 0.05) is 0 Å². The summed E-state index contributed by atoms with van der Waals surface area (Å²) in [6, 6.07) is 11.1. The van der Waals surface area contributed by atoms with Gasteiger partial charge >= 0.3 is 6.03 Å². The number of rotatable bonds is 4. The molecule has 1 atom stereocenters. The van der Waals surface area contributed by atoms with E-state index in [0.29, 0.717) is 25.4 Å². The normalized spacial score (nSPS) is 19.3. The number of para-hydroxylation sites is 1. The Morgan fingerprint density at radius 3 is 2.84 bits per heavy atom. The van der Waals surface area contributed by atoms with Crippen LogP contribution in [0.25, 0.3) is 0 Å². The van der Waals surface area contributed by atoms with Crippen molar-refractivity contribution in [2.45, 2.75) is 25.6 Å². The van der Waals surface area contributed by atoms with E-state index in [0.717, 1.165) is 5.75 Å². The second-order valence-corrected chi connectivity index (χ2v) is 6.57. The number of hydrogen-bond donors (Lipinski definition) is 1. The molecule has 2 amide bonds. The van der Waals surface area contributed by atoms with Crippen LogP contribution in [0.4, 0.5) is 10.5 Å². The van der Waals surface area contributed by atoms with Gasteiger partial charge in [-0.05, 0) is 32.0 Å². The molecule has 0 bridgehead atoms. The zero-order chi connectivity index (χ0) is 17.7. The number of carbonyl (C=O) groups excluding carboxylic acids is 1. The fourth-order valence-electron chi connectivity index (χ4n) is 2.81. The summed E-state index contributed by atoms with van der Waals surface area (Å²) >= 11 is 0. The van der Waals surface area contributed by atoms with Gasteiger partial charge in [0.05, 0.1) is 36.8 Å². The highest BCUT2D eigenvalue weighted by molar-refractivity contribution is 5.89. The van der Waals surface area contributed by atoms with Crippen molar-refractivity contribution in [3.8, 4) is 5.75 Å².